The number of carboxylic acids is 1. The van der Waals surface area contributed by atoms with Crippen molar-refractivity contribution < 1.29 is 9.90 Å². The van der Waals surface area contributed by atoms with Gasteiger partial charge in [-0.05, 0) is 12.8 Å². The van der Waals surface area contributed by atoms with Crippen molar-refractivity contribution in [3.05, 3.63) is 0 Å². The van der Waals surface area contributed by atoms with Crippen molar-refractivity contribution in [3.63, 3.8) is 0 Å². The lowest BCUT2D eigenvalue weighted by atomic mass is 10.1. The van der Waals surface area contributed by atoms with Gasteiger partial charge in [0.15, 0.2) is 0 Å². The number of thioether (sulfide) groups is 1. The molecule has 0 bridgehead atoms. The lowest BCUT2D eigenvalue weighted by Gasteiger charge is -2.35. The predicted molar refractivity (Wildman–Crippen MR) is 59.8 cm³/mol. The molecule has 0 aromatic heterocycles. The molecule has 3 nitrogen and oxygen atoms in total. The molecule has 82 valence electrons. The fourth-order valence-electron chi connectivity index (χ4n) is 1.86. The SMILES string of the molecule is CC[C@H]1CN([C@@H](CC)C(=O)O)CCS1. The van der Waals surface area contributed by atoms with Crippen LogP contribution in [0, 0.1) is 0 Å². The Hall–Kier alpha value is -0.220. The van der Waals surface area contributed by atoms with Gasteiger partial charge in [-0.3, -0.25) is 9.69 Å². The van der Waals surface area contributed by atoms with Crippen LogP contribution in [-0.4, -0.2) is 46.1 Å². The van der Waals surface area contributed by atoms with Gasteiger partial charge >= 0.3 is 5.97 Å². The lowest BCUT2D eigenvalue weighted by molar-refractivity contribution is -0.143. The molecule has 1 saturated heterocycles. The van der Waals surface area contributed by atoms with Crippen LogP contribution in [0.25, 0.3) is 0 Å². The molecule has 1 heterocycles. The van der Waals surface area contributed by atoms with Crippen LogP contribution in [0.15, 0.2) is 0 Å². The van der Waals surface area contributed by atoms with Crippen LogP contribution < -0.4 is 0 Å². The summed E-state index contributed by atoms with van der Waals surface area (Å²) in [5.41, 5.74) is 0. The molecule has 1 rings (SSSR count). The van der Waals surface area contributed by atoms with Gasteiger partial charge in [0.1, 0.15) is 6.04 Å². The number of carboxylic acid groups (broad SMARTS) is 1. The highest BCUT2D eigenvalue weighted by Crippen LogP contribution is 2.23. The topological polar surface area (TPSA) is 40.5 Å². The Morgan fingerprint density at radius 2 is 2.36 bits per heavy atom. The summed E-state index contributed by atoms with van der Waals surface area (Å²) in [6, 6.07) is -0.273. The van der Waals surface area contributed by atoms with Crippen molar-refractivity contribution in [2.24, 2.45) is 0 Å². The zero-order valence-electron chi connectivity index (χ0n) is 8.90. The molecule has 0 aliphatic carbocycles. The number of carbonyl (C=O) groups is 1. The van der Waals surface area contributed by atoms with Crippen molar-refractivity contribution >= 4 is 17.7 Å². The van der Waals surface area contributed by atoms with E-state index in [9.17, 15) is 4.79 Å². The summed E-state index contributed by atoms with van der Waals surface area (Å²) in [6.45, 7) is 5.97. The molecule has 1 aliphatic heterocycles. The van der Waals surface area contributed by atoms with E-state index in [2.05, 4.69) is 11.8 Å². The van der Waals surface area contributed by atoms with Crippen LogP contribution in [-0.2, 0) is 4.79 Å². The van der Waals surface area contributed by atoms with Crippen molar-refractivity contribution in [2.45, 2.75) is 38.0 Å². The van der Waals surface area contributed by atoms with Crippen molar-refractivity contribution in [2.75, 3.05) is 18.8 Å². The zero-order valence-corrected chi connectivity index (χ0v) is 9.72. The molecule has 1 aliphatic rings. The number of nitrogens with zero attached hydrogens (tertiary/aromatic N) is 1. The van der Waals surface area contributed by atoms with Gasteiger partial charge in [0.05, 0.1) is 0 Å². The van der Waals surface area contributed by atoms with Crippen molar-refractivity contribution in [1.29, 1.82) is 0 Å². The Morgan fingerprint density at radius 1 is 1.64 bits per heavy atom. The monoisotopic (exact) mass is 217 g/mol. The third kappa shape index (κ3) is 2.89. The van der Waals surface area contributed by atoms with Crippen LogP contribution in [0.1, 0.15) is 26.7 Å². The molecule has 0 aromatic rings. The Labute approximate surface area is 89.9 Å². The summed E-state index contributed by atoms with van der Waals surface area (Å²) in [7, 11) is 0. The van der Waals surface area contributed by atoms with Crippen LogP contribution in [0.5, 0.6) is 0 Å². The first-order valence-corrected chi connectivity index (χ1v) is 6.32. The normalized spacial score (nSPS) is 26.0. The molecule has 0 aromatic carbocycles. The van der Waals surface area contributed by atoms with Gasteiger partial charge in [-0.25, -0.2) is 0 Å². The van der Waals surface area contributed by atoms with Crippen LogP contribution in [0.2, 0.25) is 0 Å². The lowest BCUT2D eigenvalue weighted by Crippen LogP contribution is -2.47. The van der Waals surface area contributed by atoms with Crippen molar-refractivity contribution in [1.82, 2.24) is 4.90 Å². The molecular formula is C10H19NO2S. The van der Waals surface area contributed by atoms with E-state index in [1.807, 2.05) is 18.7 Å². The third-order valence-electron chi connectivity index (χ3n) is 2.74. The standard InChI is InChI=1S/C10H19NO2S/c1-3-8-7-11(5-6-14-8)9(4-2)10(12)13/h8-9H,3-7H2,1-2H3,(H,12,13)/t8-,9-/m0/s1. The van der Waals surface area contributed by atoms with E-state index in [4.69, 9.17) is 5.11 Å². The van der Waals surface area contributed by atoms with Gasteiger partial charge in [-0.1, -0.05) is 13.8 Å². The van der Waals surface area contributed by atoms with Gasteiger partial charge in [-0.2, -0.15) is 11.8 Å². The first kappa shape index (κ1) is 11.9. The highest BCUT2D eigenvalue weighted by Gasteiger charge is 2.28. The first-order valence-electron chi connectivity index (χ1n) is 5.27. The summed E-state index contributed by atoms with van der Waals surface area (Å²) >= 11 is 1.97. The highest BCUT2D eigenvalue weighted by atomic mass is 32.2. The van der Waals surface area contributed by atoms with E-state index in [0.717, 1.165) is 25.3 Å². The molecule has 2 atom stereocenters. The predicted octanol–water partition coefficient (Wildman–Crippen LogP) is 1.68. The van der Waals surface area contributed by atoms with E-state index >= 15 is 0 Å². The molecule has 1 N–H and O–H groups in total. The number of rotatable bonds is 4. The minimum absolute atomic E-state index is 0.273. The maximum atomic E-state index is 11.0. The summed E-state index contributed by atoms with van der Waals surface area (Å²) in [6.07, 6.45) is 1.84. The summed E-state index contributed by atoms with van der Waals surface area (Å²) in [4.78, 5) is 13.1. The van der Waals surface area contributed by atoms with E-state index < -0.39 is 5.97 Å². The molecule has 0 saturated carbocycles. The summed E-state index contributed by atoms with van der Waals surface area (Å²) in [5, 5.41) is 9.66. The van der Waals surface area contributed by atoms with Gasteiger partial charge in [0.25, 0.3) is 0 Å². The van der Waals surface area contributed by atoms with E-state index in [1.54, 1.807) is 0 Å². The molecule has 0 unspecified atom stereocenters. The maximum Gasteiger partial charge on any atom is 0.320 e. The smallest absolute Gasteiger partial charge is 0.320 e. The number of hydrogen-bond acceptors (Lipinski definition) is 3. The average Bonchev–Trinajstić information content (AvgIpc) is 2.19. The third-order valence-corrected chi connectivity index (χ3v) is 4.11. The van der Waals surface area contributed by atoms with E-state index in [0.29, 0.717) is 11.7 Å². The molecule has 4 heteroatoms. The molecule has 1 fully saturated rings. The number of hydrogen-bond donors (Lipinski definition) is 1. The quantitative estimate of drug-likeness (QED) is 0.778. The highest BCUT2D eigenvalue weighted by molar-refractivity contribution is 8.00. The van der Waals surface area contributed by atoms with Gasteiger partial charge in [0, 0.05) is 24.1 Å². The van der Waals surface area contributed by atoms with E-state index in [-0.39, 0.29) is 6.04 Å². The largest absolute Gasteiger partial charge is 0.480 e. The summed E-state index contributed by atoms with van der Waals surface area (Å²) in [5.74, 6) is 0.400. The molecule has 0 amide bonds. The van der Waals surface area contributed by atoms with Crippen molar-refractivity contribution in [3.8, 4) is 0 Å². The Morgan fingerprint density at radius 3 is 2.86 bits per heavy atom. The van der Waals surface area contributed by atoms with Gasteiger partial charge < -0.3 is 5.11 Å². The fourth-order valence-corrected chi connectivity index (χ4v) is 3.07. The molecular weight excluding hydrogens is 198 g/mol. The Balaban J connectivity index is 2.53. The zero-order chi connectivity index (χ0) is 10.6. The Kier molecular flexibility index (Phi) is 4.75. The van der Waals surface area contributed by atoms with E-state index in [1.165, 1.54) is 0 Å². The maximum absolute atomic E-state index is 11.0. The average molecular weight is 217 g/mol. The number of aliphatic carboxylic acids is 1. The van der Waals surface area contributed by atoms with Gasteiger partial charge in [0.2, 0.25) is 0 Å². The first-order chi connectivity index (χ1) is 6.69. The second-order valence-electron chi connectivity index (χ2n) is 3.66. The summed E-state index contributed by atoms with van der Waals surface area (Å²) < 4.78 is 0. The minimum Gasteiger partial charge on any atom is -0.480 e. The molecule has 14 heavy (non-hydrogen) atoms. The van der Waals surface area contributed by atoms with Gasteiger partial charge in [-0.15, -0.1) is 0 Å². The van der Waals surface area contributed by atoms with Crippen LogP contribution in [0.3, 0.4) is 0 Å². The fraction of sp³-hybridized carbons (Fsp3) is 0.900. The second kappa shape index (κ2) is 5.61. The Bertz CT molecular complexity index is 199. The van der Waals surface area contributed by atoms with Crippen LogP contribution >= 0.6 is 11.8 Å². The van der Waals surface area contributed by atoms with Crippen LogP contribution in [0.4, 0.5) is 0 Å². The molecule has 0 spiro atoms. The second-order valence-corrected chi connectivity index (χ2v) is 5.07. The minimum atomic E-state index is -0.672. The molecule has 0 radical (unpaired) electrons.